The van der Waals surface area contributed by atoms with Crippen LogP contribution in [-0.2, 0) is 25.9 Å². The zero-order valence-corrected chi connectivity index (χ0v) is 29.5. The number of rotatable bonds is 6. The third kappa shape index (κ3) is 6.22. The van der Waals surface area contributed by atoms with E-state index < -0.39 is 0 Å². The quantitative estimate of drug-likeness (QED) is 0.223. The van der Waals surface area contributed by atoms with E-state index in [0.717, 1.165) is 61.2 Å². The van der Waals surface area contributed by atoms with Crippen molar-refractivity contribution in [1.29, 1.82) is 0 Å². The van der Waals surface area contributed by atoms with Crippen molar-refractivity contribution in [3.63, 3.8) is 0 Å². The highest BCUT2D eigenvalue weighted by atomic mass is 16.5. The lowest BCUT2D eigenvalue weighted by Crippen LogP contribution is -2.36. The molecule has 0 aromatic heterocycles. The fourth-order valence-corrected chi connectivity index (χ4v) is 8.12. The van der Waals surface area contributed by atoms with Gasteiger partial charge in [-0.1, -0.05) is 31.5 Å². The van der Waals surface area contributed by atoms with E-state index >= 15 is 0 Å². The molecule has 0 amide bonds. The molecule has 4 heterocycles. The molecular formula is C41H48N2O6. The highest BCUT2D eigenvalue weighted by Gasteiger charge is 2.38. The number of hydrogen-bond acceptors (Lipinski definition) is 8. The first-order chi connectivity index (χ1) is 23.8. The van der Waals surface area contributed by atoms with Gasteiger partial charge in [0, 0.05) is 36.3 Å². The normalized spacial score (nSPS) is 20.3. The van der Waals surface area contributed by atoms with Gasteiger partial charge >= 0.3 is 0 Å². The molecule has 258 valence electrons. The summed E-state index contributed by atoms with van der Waals surface area (Å²) >= 11 is 0. The number of hydrogen-bond donors (Lipinski definition) is 1. The van der Waals surface area contributed by atoms with Crippen LogP contribution in [0.4, 0.5) is 0 Å². The van der Waals surface area contributed by atoms with E-state index in [0.29, 0.717) is 40.9 Å². The smallest absolute Gasteiger partial charge is 0.204 e. The lowest BCUT2D eigenvalue weighted by atomic mass is 9.80. The predicted molar refractivity (Wildman–Crippen MR) is 191 cm³/mol. The topological polar surface area (TPSA) is 72.9 Å². The average molecular weight is 665 g/mol. The Bertz CT molecular complexity index is 1820. The van der Waals surface area contributed by atoms with Crippen LogP contribution in [0, 0.1) is 0 Å². The van der Waals surface area contributed by atoms with Gasteiger partial charge in [-0.15, -0.1) is 0 Å². The number of benzene rings is 4. The highest BCUT2D eigenvalue weighted by molar-refractivity contribution is 5.64. The number of nitrogens with zero attached hydrogens (tertiary/aromatic N) is 2. The molecule has 8 nitrogen and oxygen atoms in total. The van der Waals surface area contributed by atoms with Crippen molar-refractivity contribution >= 4 is 0 Å². The third-order valence-corrected chi connectivity index (χ3v) is 10.7. The van der Waals surface area contributed by atoms with E-state index in [9.17, 15) is 5.11 Å². The van der Waals surface area contributed by atoms with Gasteiger partial charge in [0.05, 0.1) is 27.9 Å². The van der Waals surface area contributed by atoms with Crippen molar-refractivity contribution in [3.8, 4) is 40.2 Å². The Labute approximate surface area is 290 Å². The van der Waals surface area contributed by atoms with Crippen molar-refractivity contribution in [1.82, 2.24) is 9.80 Å². The summed E-state index contributed by atoms with van der Waals surface area (Å²) in [5, 5.41) is 10.7. The van der Waals surface area contributed by atoms with Gasteiger partial charge in [-0.3, -0.25) is 9.80 Å². The first-order valence-electron chi connectivity index (χ1n) is 17.4. The van der Waals surface area contributed by atoms with Crippen molar-refractivity contribution in [2.45, 2.75) is 63.6 Å². The van der Waals surface area contributed by atoms with Crippen LogP contribution in [0.25, 0.3) is 0 Å². The van der Waals surface area contributed by atoms with Gasteiger partial charge in [0.1, 0.15) is 11.5 Å². The van der Waals surface area contributed by atoms with Gasteiger partial charge in [-0.25, -0.2) is 0 Å². The minimum Gasteiger partial charge on any atom is -0.493 e. The maximum Gasteiger partial charge on any atom is 0.204 e. The average Bonchev–Trinajstić information content (AvgIpc) is 3.11. The monoisotopic (exact) mass is 664 g/mol. The summed E-state index contributed by atoms with van der Waals surface area (Å²) in [6, 6.07) is 21.1. The molecule has 0 radical (unpaired) electrons. The molecular weight excluding hydrogens is 616 g/mol. The summed E-state index contributed by atoms with van der Waals surface area (Å²) in [5.74, 6) is 4.91. The zero-order valence-electron chi connectivity index (χ0n) is 29.5. The molecule has 0 saturated heterocycles. The summed E-state index contributed by atoms with van der Waals surface area (Å²) in [5.41, 5.74) is 7.87. The van der Waals surface area contributed by atoms with Gasteiger partial charge in [0.25, 0.3) is 0 Å². The lowest BCUT2D eigenvalue weighted by Gasteiger charge is -2.41. The second kappa shape index (κ2) is 13.9. The molecule has 1 N–H and O–H groups in total. The van der Waals surface area contributed by atoms with Crippen LogP contribution in [0.2, 0.25) is 0 Å². The minimum atomic E-state index is -0.129. The van der Waals surface area contributed by atoms with Crippen LogP contribution in [-0.4, -0.2) is 63.4 Å². The molecule has 8 heteroatoms. The van der Waals surface area contributed by atoms with Crippen molar-refractivity contribution < 1.29 is 28.8 Å². The third-order valence-electron chi connectivity index (χ3n) is 10.7. The number of ether oxygens (including phenoxy) is 5. The summed E-state index contributed by atoms with van der Waals surface area (Å²) in [4.78, 5) is 4.85. The maximum absolute atomic E-state index is 10.7. The van der Waals surface area contributed by atoms with E-state index in [1.54, 1.807) is 21.3 Å². The number of aliphatic hydroxyl groups is 1. The van der Waals surface area contributed by atoms with Gasteiger partial charge in [-0.2, -0.15) is 0 Å². The van der Waals surface area contributed by atoms with Gasteiger partial charge in [-0.05, 0) is 116 Å². The van der Waals surface area contributed by atoms with Crippen molar-refractivity contribution in [2.75, 3.05) is 48.5 Å². The van der Waals surface area contributed by atoms with Crippen LogP contribution < -0.4 is 23.7 Å². The zero-order chi connectivity index (χ0) is 34.2. The molecule has 0 spiro atoms. The SMILES string of the molecule is CCCC1CN(C)[C@H]2Cc3ccc(OC)c(c3)Oc3ccc(cc3)C[C@H]3c4cc(c(CO)cc4CCN3C)Oc3c(OC)c(OC)cc1c32. The molecule has 0 aliphatic carbocycles. The Morgan fingerprint density at radius 1 is 0.776 bits per heavy atom. The fraction of sp³-hybridized carbons (Fsp3) is 0.415. The second-order valence-electron chi connectivity index (χ2n) is 13.7. The van der Waals surface area contributed by atoms with Crippen LogP contribution >= 0.6 is 0 Å². The highest BCUT2D eigenvalue weighted by Crippen LogP contribution is 2.53. The molecule has 0 fully saturated rings. The molecule has 0 saturated carbocycles. The number of aliphatic hydroxyl groups excluding tert-OH is 1. The molecule has 4 aromatic carbocycles. The Hall–Kier alpha value is -4.24. The minimum absolute atomic E-state index is 0.0357. The summed E-state index contributed by atoms with van der Waals surface area (Å²) in [6.07, 6.45) is 4.53. The van der Waals surface area contributed by atoms with Crippen LogP contribution in [0.15, 0.2) is 60.7 Å². The molecule has 49 heavy (non-hydrogen) atoms. The van der Waals surface area contributed by atoms with E-state index in [1.165, 1.54) is 22.3 Å². The van der Waals surface area contributed by atoms with Crippen LogP contribution in [0.1, 0.15) is 76.7 Å². The number of methoxy groups -OCH3 is 3. The van der Waals surface area contributed by atoms with E-state index in [4.69, 9.17) is 23.7 Å². The summed E-state index contributed by atoms with van der Waals surface area (Å²) in [7, 11) is 9.42. The van der Waals surface area contributed by atoms with E-state index in [-0.39, 0.29) is 24.6 Å². The largest absolute Gasteiger partial charge is 0.493 e. The van der Waals surface area contributed by atoms with Gasteiger partial charge in [0.2, 0.25) is 5.75 Å². The molecule has 8 rings (SSSR count). The summed E-state index contributed by atoms with van der Waals surface area (Å²) < 4.78 is 31.5. The Morgan fingerprint density at radius 3 is 2.24 bits per heavy atom. The first-order valence-corrected chi connectivity index (χ1v) is 17.4. The van der Waals surface area contributed by atoms with E-state index in [2.05, 4.69) is 73.3 Å². The first kappa shape index (κ1) is 33.3. The Balaban J connectivity index is 1.49. The molecule has 4 aromatic rings. The summed E-state index contributed by atoms with van der Waals surface area (Å²) in [6.45, 7) is 3.94. The van der Waals surface area contributed by atoms with E-state index in [1.807, 2.05) is 18.2 Å². The Kier molecular flexibility index (Phi) is 9.46. The van der Waals surface area contributed by atoms with Crippen LogP contribution in [0.5, 0.6) is 40.2 Å². The molecule has 3 atom stereocenters. The fourth-order valence-electron chi connectivity index (χ4n) is 8.12. The molecule has 4 aliphatic rings. The number of likely N-dealkylation sites (N-methyl/N-ethyl adjacent to an activating group) is 2. The Morgan fingerprint density at radius 2 is 1.53 bits per heavy atom. The maximum atomic E-state index is 10.7. The lowest BCUT2D eigenvalue weighted by molar-refractivity contribution is 0.196. The molecule has 6 bridgehead atoms. The van der Waals surface area contributed by atoms with Crippen molar-refractivity contribution in [3.05, 3.63) is 99.6 Å². The molecule has 1 unspecified atom stereocenters. The predicted octanol–water partition coefficient (Wildman–Crippen LogP) is 7.99. The molecule has 4 aliphatic heterocycles. The standard InChI is InChI=1S/C41H48N2O6/c1-7-8-28-23-43(3)34-18-26-11-14-35(45-4)37(19-26)48-30-12-9-25(10-13-30)17-33-31-21-36(29(24-44)20-27(31)15-16-42(33)2)49-41-39(34)32(28)22-38(46-5)40(41)47-6/h9-14,19-22,28,33-34,44H,7-8,15-18,23-24H2,1-6H3/t28?,33-,34-/m0/s1. The van der Waals surface area contributed by atoms with Gasteiger partial charge in [0.15, 0.2) is 23.0 Å². The second-order valence-corrected chi connectivity index (χ2v) is 13.7. The van der Waals surface area contributed by atoms with Crippen LogP contribution in [0.3, 0.4) is 0 Å². The van der Waals surface area contributed by atoms with Crippen molar-refractivity contribution in [2.24, 2.45) is 0 Å². The van der Waals surface area contributed by atoms with Gasteiger partial charge < -0.3 is 28.8 Å². The number of fused-ring (bicyclic) bond motifs is 2.